The lowest BCUT2D eigenvalue weighted by atomic mass is 9.98. The molecule has 17 nitrogen and oxygen atoms in total. The number of ether oxygens (including phenoxy) is 2. The Morgan fingerprint density at radius 3 is 1.84 bits per heavy atom. The first-order chi connectivity index (χ1) is 17.7. The first-order valence-electron chi connectivity index (χ1n) is 10.3. The van der Waals surface area contributed by atoms with Crippen LogP contribution in [0.5, 0.6) is 0 Å². The van der Waals surface area contributed by atoms with Crippen LogP contribution >= 0.6 is 0 Å². The van der Waals surface area contributed by atoms with Gasteiger partial charge in [-0.2, -0.15) is 8.42 Å². The van der Waals surface area contributed by atoms with Crippen LogP contribution in [0.25, 0.3) is 0 Å². The van der Waals surface area contributed by atoms with Gasteiger partial charge in [0.25, 0.3) is 10.1 Å². The van der Waals surface area contributed by atoms with E-state index in [1.54, 1.807) is 0 Å². The molecule has 214 valence electrons. The van der Waals surface area contributed by atoms with Crippen LogP contribution in [0.4, 0.5) is 0 Å². The topological polar surface area (TPSA) is 289 Å². The summed E-state index contributed by atoms with van der Waals surface area (Å²) < 4.78 is 38.9. The Hall–Kier alpha value is -3.68. The maximum atomic E-state index is 12.0. The lowest BCUT2D eigenvalue weighted by molar-refractivity contribution is -0.253. The van der Waals surface area contributed by atoms with Crippen LogP contribution in [0.3, 0.4) is 0 Å². The number of carboxylic acids is 3. The summed E-state index contributed by atoms with van der Waals surface area (Å²) in [5, 5.41) is 49.7. The molecule has 0 radical (unpaired) electrons. The number of rotatable bonds is 15. The highest BCUT2D eigenvalue weighted by molar-refractivity contribution is 7.87. The third-order valence-electron chi connectivity index (χ3n) is 4.25. The molecule has 0 bridgehead atoms. The zero-order valence-electron chi connectivity index (χ0n) is 19.5. The molecule has 0 fully saturated rings. The zero-order chi connectivity index (χ0) is 29.5. The first kappa shape index (κ1) is 34.3. The molecule has 7 N–H and O–H groups in total. The van der Waals surface area contributed by atoms with Gasteiger partial charge in [-0.05, 0) is 30.5 Å². The summed E-state index contributed by atoms with van der Waals surface area (Å²) in [6.07, 6.45) is -0.256. The number of carbonyl (C=O) groups excluding carboxylic acids is 2. The molecule has 18 heteroatoms. The molecule has 0 saturated carbocycles. The monoisotopic (exact) mass is 570 g/mol. The fourth-order valence-electron chi connectivity index (χ4n) is 2.54. The molecule has 1 atom stereocenters. The normalized spacial score (nSPS) is 11.5. The molecule has 0 amide bonds. The fourth-order valence-corrected chi connectivity index (χ4v) is 3.21. The van der Waals surface area contributed by atoms with E-state index in [0.29, 0.717) is 12.8 Å². The number of unbranched alkanes of at least 4 members (excludes halogenated alkanes) is 1. The molecule has 1 unspecified atom stereocenters. The van der Waals surface area contributed by atoms with Gasteiger partial charge in [0.2, 0.25) is 0 Å². The summed E-state index contributed by atoms with van der Waals surface area (Å²) in [7, 11) is -4.83. The molecule has 1 aromatic carbocycles. The quantitative estimate of drug-likeness (QED) is 0.0449. The third kappa shape index (κ3) is 12.0. The average Bonchev–Trinajstić information content (AvgIpc) is 2.82. The zero-order valence-corrected chi connectivity index (χ0v) is 20.3. The number of hydrogen-bond acceptors (Lipinski definition) is 13. The van der Waals surface area contributed by atoms with E-state index in [0.717, 1.165) is 12.1 Å². The molecule has 38 heavy (non-hydrogen) atoms. The fraction of sp³-hybridized carbons (Fsp3) is 0.450. The largest absolute Gasteiger partial charge is 0.481 e. The van der Waals surface area contributed by atoms with Gasteiger partial charge in [-0.3, -0.25) is 19.4 Å². The highest BCUT2D eigenvalue weighted by Crippen LogP contribution is 2.20. The Morgan fingerprint density at radius 1 is 0.816 bits per heavy atom. The van der Waals surface area contributed by atoms with Crippen molar-refractivity contribution < 1.29 is 82.1 Å². The van der Waals surface area contributed by atoms with Crippen molar-refractivity contribution in [1.82, 2.24) is 0 Å². The number of carbonyl (C=O) groups is 5. The van der Waals surface area contributed by atoms with Crippen LogP contribution in [0.15, 0.2) is 12.1 Å². The molecule has 0 aliphatic rings. The molecular formula is C20H26O17S. The smallest absolute Gasteiger partial charge is 0.338 e. The number of aliphatic carboxylic acids is 1. The summed E-state index contributed by atoms with van der Waals surface area (Å²) in [6.45, 7) is -1.57. The van der Waals surface area contributed by atoms with E-state index in [2.05, 4.69) is 9.62 Å². The molecular weight excluding hydrogens is 544 g/mol. The second-order valence-electron chi connectivity index (χ2n) is 7.00. The molecule has 1 rings (SSSR count). The van der Waals surface area contributed by atoms with Crippen LogP contribution in [0.2, 0.25) is 0 Å². The Labute approximate surface area is 214 Å². The number of benzene rings is 1. The second-order valence-corrected chi connectivity index (χ2v) is 8.60. The van der Waals surface area contributed by atoms with Crippen molar-refractivity contribution >= 4 is 40.0 Å². The van der Waals surface area contributed by atoms with Crippen molar-refractivity contribution in [1.29, 1.82) is 0 Å². The van der Waals surface area contributed by atoms with Crippen LogP contribution in [-0.2, 0) is 40.7 Å². The minimum atomic E-state index is -4.83. The van der Waals surface area contributed by atoms with Gasteiger partial charge in [-0.25, -0.2) is 19.3 Å². The van der Waals surface area contributed by atoms with Crippen molar-refractivity contribution in [3.05, 3.63) is 34.4 Å². The summed E-state index contributed by atoms with van der Waals surface area (Å²) in [4.78, 5) is 59.3. The predicted molar refractivity (Wildman–Crippen MR) is 120 cm³/mol. The summed E-state index contributed by atoms with van der Waals surface area (Å²) in [5.41, 5.74) is -1.37. The van der Waals surface area contributed by atoms with Crippen LogP contribution in [0, 0.1) is 0 Å². The van der Waals surface area contributed by atoms with Gasteiger partial charge in [0.15, 0.2) is 5.25 Å². The number of aromatic carboxylic acids is 2. The van der Waals surface area contributed by atoms with Gasteiger partial charge in [0, 0.05) is 6.61 Å². The maximum absolute atomic E-state index is 12.0. The van der Waals surface area contributed by atoms with E-state index in [1.807, 2.05) is 0 Å². The predicted octanol–water partition coefficient (Wildman–Crippen LogP) is -0.745. The van der Waals surface area contributed by atoms with E-state index >= 15 is 0 Å². The van der Waals surface area contributed by atoms with Gasteiger partial charge in [0.1, 0.15) is 13.2 Å². The molecule has 0 aliphatic carbocycles. The minimum absolute atomic E-state index is 0.00189. The number of aliphatic hydroxyl groups is 2. The van der Waals surface area contributed by atoms with E-state index < -0.39 is 82.6 Å². The number of hydrogen-bond donors (Lipinski definition) is 7. The third-order valence-corrected chi connectivity index (χ3v) is 5.33. The average molecular weight is 570 g/mol. The first-order valence-corrected chi connectivity index (χ1v) is 11.8. The highest BCUT2D eigenvalue weighted by Gasteiger charge is 2.34. The van der Waals surface area contributed by atoms with Gasteiger partial charge in [-0.15, -0.1) is 0 Å². The summed E-state index contributed by atoms with van der Waals surface area (Å²) in [5.74, 6) is -6.88. The molecule has 0 spiro atoms. The molecule has 0 heterocycles. The lowest BCUT2D eigenvalue weighted by Gasteiger charge is -2.11. The van der Waals surface area contributed by atoms with Crippen molar-refractivity contribution in [2.45, 2.75) is 31.1 Å². The molecule has 0 saturated heterocycles. The minimum Gasteiger partial charge on any atom is -0.481 e. The number of esters is 2. The molecule has 1 aromatic rings. The SMILES string of the molecule is O=C(O)CC(C(=O)OCCO)S(=O)(=O)O.O=C(OCCCCO)c1cc(C(=O)O)c(C(=O)O)cc1COO. The van der Waals surface area contributed by atoms with Gasteiger partial charge in [0.05, 0.1) is 36.3 Å². The Bertz CT molecular complexity index is 1090. The summed E-state index contributed by atoms with van der Waals surface area (Å²) in [6, 6.07) is 1.81. The summed E-state index contributed by atoms with van der Waals surface area (Å²) >= 11 is 0. The molecule has 0 aliphatic heterocycles. The number of carboxylic acid groups (broad SMARTS) is 3. The van der Waals surface area contributed by atoms with Gasteiger partial charge >= 0.3 is 29.8 Å². The van der Waals surface area contributed by atoms with Crippen molar-refractivity contribution in [3.8, 4) is 0 Å². The van der Waals surface area contributed by atoms with E-state index in [4.69, 9.17) is 40.1 Å². The van der Waals surface area contributed by atoms with Crippen LogP contribution < -0.4 is 0 Å². The molecule has 0 aromatic heterocycles. The van der Waals surface area contributed by atoms with Crippen molar-refractivity contribution in [3.63, 3.8) is 0 Å². The Balaban J connectivity index is 0.000000793. The van der Waals surface area contributed by atoms with E-state index in [9.17, 15) is 32.4 Å². The van der Waals surface area contributed by atoms with Crippen LogP contribution in [-0.4, -0.2) is 105 Å². The van der Waals surface area contributed by atoms with Gasteiger partial charge in [-0.1, -0.05) is 0 Å². The number of aliphatic hydroxyl groups excluding tert-OH is 2. The Kier molecular flexibility index (Phi) is 15.3. The van der Waals surface area contributed by atoms with Gasteiger partial charge < -0.3 is 35.0 Å². The van der Waals surface area contributed by atoms with Crippen LogP contribution in [0.1, 0.15) is 55.9 Å². The second kappa shape index (κ2) is 16.9. The Morgan fingerprint density at radius 2 is 1.39 bits per heavy atom. The lowest BCUT2D eigenvalue weighted by Crippen LogP contribution is -2.34. The van der Waals surface area contributed by atoms with Crippen molar-refractivity contribution in [2.75, 3.05) is 26.4 Å². The van der Waals surface area contributed by atoms with E-state index in [1.165, 1.54) is 0 Å². The van der Waals surface area contributed by atoms with Crippen molar-refractivity contribution in [2.24, 2.45) is 0 Å². The maximum Gasteiger partial charge on any atom is 0.338 e. The highest BCUT2D eigenvalue weighted by atomic mass is 32.2. The standard InChI is InChI=1S/C14H16O9.C6H10O8S/c15-3-1-2-4-22-14(20)9-6-11(13(18)19)10(12(16)17)5-8(9)7-23-21;7-1-2-14-6(10)4(3-5(8)9)15(11,12)13/h5-6,15,21H,1-4,7H2,(H,16,17)(H,18,19);4,7H,1-3H2,(H,8,9)(H,11,12,13). The van der Waals surface area contributed by atoms with E-state index in [-0.39, 0.29) is 24.3 Å².